The Morgan fingerprint density at radius 1 is 0.833 bits per heavy atom. The zero-order chi connectivity index (χ0) is 9.07. The van der Waals surface area contributed by atoms with Gasteiger partial charge in [0, 0.05) is 0 Å². The lowest BCUT2D eigenvalue weighted by atomic mass is 10.7. The van der Waals surface area contributed by atoms with Crippen molar-refractivity contribution in [2.24, 2.45) is 0 Å². The Morgan fingerprint density at radius 3 is 1.83 bits per heavy atom. The third-order valence-corrected chi connectivity index (χ3v) is 1.12. The Morgan fingerprint density at radius 2 is 1.33 bits per heavy atom. The molecule has 0 atom stereocenters. The van der Waals surface area contributed by atoms with Crippen LogP contribution in [0.1, 0.15) is 0 Å². The van der Waals surface area contributed by atoms with E-state index in [0.29, 0.717) is 39.6 Å². The summed E-state index contributed by atoms with van der Waals surface area (Å²) >= 11 is 0. The number of aliphatic hydroxyl groups excluding tert-OH is 1. The Hall–Kier alpha value is -0.160. The Kier molecular flexibility index (Phi) is 10.7. The average Bonchev–Trinajstić information content (AvgIpc) is 2.10. The molecular weight excluding hydrogens is 160 g/mol. The average molecular weight is 177 g/mol. The van der Waals surface area contributed by atoms with Gasteiger partial charge in [0.2, 0.25) is 0 Å². The summed E-state index contributed by atoms with van der Waals surface area (Å²) in [6, 6.07) is 0. The minimum Gasteiger partial charge on any atom is -0.411 e. The molecule has 0 rings (SSSR count). The van der Waals surface area contributed by atoms with E-state index in [0.717, 1.165) is 0 Å². The van der Waals surface area contributed by atoms with E-state index < -0.39 is 0 Å². The largest absolute Gasteiger partial charge is 0.411 e. The fourth-order valence-corrected chi connectivity index (χ4v) is 0.606. The molecule has 0 fully saturated rings. The highest BCUT2D eigenvalue weighted by Crippen LogP contribution is 1.79. The van der Waals surface area contributed by atoms with E-state index in [9.17, 15) is 0 Å². The molecule has 0 spiro atoms. The third kappa shape index (κ3) is 9.84. The van der Waals surface area contributed by atoms with Gasteiger partial charge in [-0.05, 0) is 0 Å². The van der Waals surface area contributed by atoms with Crippen LogP contribution in [0.2, 0.25) is 0 Å². The summed E-state index contributed by atoms with van der Waals surface area (Å²) in [6.07, 6.45) is 0. The van der Waals surface area contributed by atoms with Crippen LogP contribution in [-0.2, 0) is 14.2 Å². The number of hydrogen-bond donors (Lipinski definition) is 1. The topological polar surface area (TPSA) is 47.9 Å². The van der Waals surface area contributed by atoms with Gasteiger partial charge in [0.05, 0.1) is 39.6 Å². The maximum atomic E-state index is 8.35. The van der Waals surface area contributed by atoms with Crippen molar-refractivity contribution >= 4 is 0 Å². The standard InChI is InChI=1S/C8H17O4/c1-2-10-5-6-12-8-7-11-4-3-9/h9H,1-8H2/q-1. The molecule has 0 aromatic carbocycles. The first-order chi connectivity index (χ1) is 5.91. The van der Waals surface area contributed by atoms with Gasteiger partial charge in [-0.3, -0.25) is 0 Å². The maximum Gasteiger partial charge on any atom is 0.0701 e. The van der Waals surface area contributed by atoms with Crippen LogP contribution in [0.25, 0.3) is 0 Å². The molecule has 0 aliphatic carbocycles. The number of ether oxygens (including phenoxy) is 3. The van der Waals surface area contributed by atoms with Gasteiger partial charge in [-0.15, -0.1) is 0 Å². The van der Waals surface area contributed by atoms with E-state index in [1.807, 2.05) is 0 Å². The van der Waals surface area contributed by atoms with E-state index in [1.165, 1.54) is 0 Å². The number of aliphatic hydroxyl groups is 1. The summed E-state index contributed by atoms with van der Waals surface area (Å²) < 4.78 is 15.0. The maximum absolute atomic E-state index is 8.35. The Balaban J connectivity index is 2.73. The van der Waals surface area contributed by atoms with Crippen LogP contribution < -0.4 is 0 Å². The molecule has 0 saturated carbocycles. The highest BCUT2D eigenvalue weighted by atomic mass is 16.5. The smallest absolute Gasteiger partial charge is 0.0701 e. The van der Waals surface area contributed by atoms with Gasteiger partial charge in [-0.25, -0.2) is 0 Å². The number of rotatable bonds is 9. The van der Waals surface area contributed by atoms with Crippen molar-refractivity contribution < 1.29 is 19.3 Å². The van der Waals surface area contributed by atoms with Crippen LogP contribution >= 0.6 is 0 Å². The van der Waals surface area contributed by atoms with E-state index >= 15 is 0 Å². The highest BCUT2D eigenvalue weighted by Gasteiger charge is 1.88. The van der Waals surface area contributed by atoms with Crippen LogP contribution in [0, 0.1) is 6.92 Å². The van der Waals surface area contributed by atoms with Crippen LogP contribution in [0.3, 0.4) is 0 Å². The van der Waals surface area contributed by atoms with Gasteiger partial charge in [0.1, 0.15) is 0 Å². The van der Waals surface area contributed by atoms with Gasteiger partial charge in [0.25, 0.3) is 0 Å². The molecule has 0 aromatic rings. The monoisotopic (exact) mass is 177 g/mol. The molecule has 0 aliphatic rings. The second-order valence-electron chi connectivity index (χ2n) is 2.06. The SMILES string of the molecule is [CH2-]COCCOCCOCCO. The van der Waals surface area contributed by atoms with Gasteiger partial charge < -0.3 is 26.2 Å². The van der Waals surface area contributed by atoms with Crippen LogP contribution in [0.15, 0.2) is 0 Å². The molecule has 0 heterocycles. The van der Waals surface area contributed by atoms with Crippen molar-refractivity contribution in [2.45, 2.75) is 0 Å². The zero-order valence-corrected chi connectivity index (χ0v) is 7.33. The molecule has 0 saturated heterocycles. The van der Waals surface area contributed by atoms with Gasteiger partial charge in [-0.2, -0.15) is 0 Å². The van der Waals surface area contributed by atoms with Crippen molar-refractivity contribution in [2.75, 3.05) is 46.2 Å². The Labute approximate surface area is 73.4 Å². The fourth-order valence-electron chi connectivity index (χ4n) is 0.606. The van der Waals surface area contributed by atoms with E-state index in [-0.39, 0.29) is 6.61 Å². The summed E-state index contributed by atoms with van der Waals surface area (Å²) in [7, 11) is 0. The third-order valence-electron chi connectivity index (χ3n) is 1.12. The van der Waals surface area contributed by atoms with Crippen molar-refractivity contribution in [3.8, 4) is 0 Å². The first kappa shape index (κ1) is 11.8. The van der Waals surface area contributed by atoms with Crippen molar-refractivity contribution in [3.05, 3.63) is 6.92 Å². The predicted molar refractivity (Wildman–Crippen MR) is 44.9 cm³/mol. The van der Waals surface area contributed by atoms with Gasteiger partial charge in [0.15, 0.2) is 0 Å². The predicted octanol–water partition coefficient (Wildman–Crippen LogP) is -0.137. The minimum atomic E-state index is 0.0601. The molecule has 0 aliphatic heterocycles. The van der Waals surface area contributed by atoms with Crippen molar-refractivity contribution in [3.63, 3.8) is 0 Å². The molecular formula is C8H17O4-. The highest BCUT2D eigenvalue weighted by molar-refractivity contribution is 4.34. The van der Waals surface area contributed by atoms with E-state index in [2.05, 4.69) is 6.92 Å². The second kappa shape index (κ2) is 10.8. The molecule has 0 aromatic heterocycles. The van der Waals surface area contributed by atoms with Crippen LogP contribution in [0.4, 0.5) is 0 Å². The fraction of sp³-hybridized carbons (Fsp3) is 0.875. The normalized spacial score (nSPS) is 10.5. The summed E-state index contributed by atoms with van der Waals surface area (Å²) in [4.78, 5) is 0. The number of hydrogen-bond acceptors (Lipinski definition) is 4. The molecule has 0 unspecified atom stereocenters. The van der Waals surface area contributed by atoms with Crippen LogP contribution in [0.5, 0.6) is 0 Å². The molecule has 1 N–H and O–H groups in total. The summed E-state index contributed by atoms with van der Waals surface area (Å²) in [5.74, 6) is 0. The summed E-state index contributed by atoms with van der Waals surface area (Å²) in [5, 5.41) is 8.35. The molecule has 12 heavy (non-hydrogen) atoms. The first-order valence-corrected chi connectivity index (χ1v) is 4.05. The molecule has 4 nitrogen and oxygen atoms in total. The van der Waals surface area contributed by atoms with Crippen molar-refractivity contribution in [1.29, 1.82) is 0 Å². The molecule has 74 valence electrons. The second-order valence-corrected chi connectivity index (χ2v) is 2.06. The van der Waals surface area contributed by atoms with Gasteiger partial charge >= 0.3 is 0 Å². The molecule has 0 bridgehead atoms. The minimum absolute atomic E-state index is 0.0601. The van der Waals surface area contributed by atoms with Gasteiger partial charge in [-0.1, -0.05) is 6.61 Å². The van der Waals surface area contributed by atoms with Crippen molar-refractivity contribution in [1.82, 2.24) is 0 Å². The summed E-state index contributed by atoms with van der Waals surface area (Å²) in [6.45, 7) is 6.63. The lowest BCUT2D eigenvalue weighted by Gasteiger charge is -2.05. The molecule has 0 radical (unpaired) electrons. The summed E-state index contributed by atoms with van der Waals surface area (Å²) in [5.41, 5.74) is 0. The van der Waals surface area contributed by atoms with E-state index in [4.69, 9.17) is 19.3 Å². The quantitative estimate of drug-likeness (QED) is 0.393. The Bertz CT molecular complexity index is 67.5. The first-order valence-electron chi connectivity index (χ1n) is 4.05. The van der Waals surface area contributed by atoms with Crippen LogP contribution in [-0.4, -0.2) is 51.4 Å². The molecule has 0 amide bonds. The zero-order valence-electron chi connectivity index (χ0n) is 7.33. The van der Waals surface area contributed by atoms with E-state index in [1.54, 1.807) is 0 Å². The lowest BCUT2D eigenvalue weighted by molar-refractivity contribution is 0.0115. The molecule has 4 heteroatoms. The lowest BCUT2D eigenvalue weighted by Crippen LogP contribution is -2.10.